The molecule has 2 bridgehead atoms. The summed E-state index contributed by atoms with van der Waals surface area (Å²) in [6.45, 7) is 5.89. The van der Waals surface area contributed by atoms with Crippen LogP contribution in [0.2, 0.25) is 0 Å². The first-order valence-corrected chi connectivity index (χ1v) is 6.31. The maximum atomic E-state index is 13.1. The van der Waals surface area contributed by atoms with Gasteiger partial charge in [0.15, 0.2) is 5.69 Å². The van der Waals surface area contributed by atoms with Crippen molar-refractivity contribution in [2.45, 2.75) is 51.1 Å². The quantitative estimate of drug-likeness (QED) is 0.789. The van der Waals surface area contributed by atoms with E-state index in [-0.39, 0.29) is 16.9 Å². The molecule has 19 heavy (non-hydrogen) atoms. The van der Waals surface area contributed by atoms with E-state index in [4.69, 9.17) is 0 Å². The fraction of sp³-hybridized carbons (Fsp3) is 0.692. The van der Waals surface area contributed by atoms with Crippen LogP contribution in [-0.4, -0.2) is 9.97 Å². The van der Waals surface area contributed by atoms with Crippen LogP contribution in [0.3, 0.4) is 0 Å². The Morgan fingerprint density at radius 1 is 1.32 bits per heavy atom. The largest absolute Gasteiger partial charge is 0.433 e. The summed E-state index contributed by atoms with van der Waals surface area (Å²) in [5.74, 6) is -0.187. The third-order valence-electron chi connectivity index (χ3n) is 5.36. The zero-order chi connectivity index (χ0) is 14.2. The third-order valence-corrected chi connectivity index (χ3v) is 5.36. The van der Waals surface area contributed by atoms with Gasteiger partial charge in [-0.3, -0.25) is 0 Å². The SMILES string of the molecule is CC1(C)[C@@H]2CC[C@@]1(C)c1[nH]c(=O)nc(C(F)(F)F)c12. The van der Waals surface area contributed by atoms with Gasteiger partial charge in [0.2, 0.25) is 0 Å². The fourth-order valence-corrected chi connectivity index (χ4v) is 3.93. The molecule has 2 atom stereocenters. The third kappa shape index (κ3) is 1.34. The van der Waals surface area contributed by atoms with Crippen molar-refractivity contribution in [1.82, 2.24) is 9.97 Å². The predicted molar refractivity (Wildman–Crippen MR) is 63.0 cm³/mol. The van der Waals surface area contributed by atoms with Crippen molar-refractivity contribution < 1.29 is 13.2 Å². The molecule has 1 aromatic heterocycles. The highest BCUT2D eigenvalue weighted by Gasteiger charge is 2.62. The van der Waals surface area contributed by atoms with Gasteiger partial charge in [-0.05, 0) is 24.2 Å². The van der Waals surface area contributed by atoms with Crippen molar-refractivity contribution in [1.29, 1.82) is 0 Å². The lowest BCUT2D eigenvalue weighted by Crippen LogP contribution is -2.33. The molecule has 1 saturated carbocycles. The summed E-state index contributed by atoms with van der Waals surface area (Å²) in [5.41, 5.74) is -1.94. The van der Waals surface area contributed by atoms with Gasteiger partial charge in [0, 0.05) is 16.7 Å². The minimum Gasteiger partial charge on any atom is -0.309 e. The Bertz CT molecular complexity index is 617. The molecule has 1 N–H and O–H groups in total. The number of H-pyrrole nitrogens is 1. The summed E-state index contributed by atoms with van der Waals surface area (Å²) in [5, 5.41) is 0. The Morgan fingerprint density at radius 2 is 1.95 bits per heavy atom. The number of fused-ring (bicyclic) bond motifs is 5. The highest BCUT2D eigenvalue weighted by Crippen LogP contribution is 2.67. The lowest BCUT2D eigenvalue weighted by Gasteiger charge is -2.34. The summed E-state index contributed by atoms with van der Waals surface area (Å²) < 4.78 is 39.3. The topological polar surface area (TPSA) is 45.8 Å². The van der Waals surface area contributed by atoms with Crippen molar-refractivity contribution in [3.8, 4) is 0 Å². The Kier molecular flexibility index (Phi) is 2.15. The average molecular weight is 272 g/mol. The van der Waals surface area contributed by atoms with E-state index in [1.165, 1.54) is 0 Å². The van der Waals surface area contributed by atoms with E-state index in [0.717, 1.165) is 6.42 Å². The molecule has 6 heteroatoms. The molecule has 2 aliphatic carbocycles. The first-order valence-electron chi connectivity index (χ1n) is 6.31. The number of nitrogens with one attached hydrogen (secondary N) is 1. The first kappa shape index (κ1) is 12.7. The number of nitrogens with zero attached hydrogens (tertiary/aromatic N) is 1. The van der Waals surface area contributed by atoms with E-state index in [1.807, 2.05) is 20.8 Å². The van der Waals surface area contributed by atoms with E-state index in [9.17, 15) is 18.0 Å². The average Bonchev–Trinajstić information content (AvgIpc) is 2.58. The predicted octanol–water partition coefficient (Wildman–Crippen LogP) is 2.96. The lowest BCUT2D eigenvalue weighted by atomic mass is 9.70. The van der Waals surface area contributed by atoms with Gasteiger partial charge in [-0.2, -0.15) is 18.2 Å². The van der Waals surface area contributed by atoms with Crippen molar-refractivity contribution in [2.75, 3.05) is 0 Å². The monoisotopic (exact) mass is 272 g/mol. The zero-order valence-electron chi connectivity index (χ0n) is 11.0. The van der Waals surface area contributed by atoms with Crippen LogP contribution < -0.4 is 5.69 Å². The fourth-order valence-electron chi connectivity index (χ4n) is 3.93. The Labute approximate surface area is 108 Å². The van der Waals surface area contributed by atoms with E-state index in [2.05, 4.69) is 9.97 Å². The molecule has 3 rings (SSSR count). The van der Waals surface area contributed by atoms with Crippen molar-refractivity contribution >= 4 is 0 Å². The molecular formula is C13H15F3N2O. The molecule has 0 unspecified atom stereocenters. The second-order valence-electron chi connectivity index (χ2n) is 6.32. The number of hydrogen-bond donors (Lipinski definition) is 1. The van der Waals surface area contributed by atoms with Crippen LogP contribution in [-0.2, 0) is 11.6 Å². The molecule has 3 nitrogen and oxygen atoms in total. The zero-order valence-corrected chi connectivity index (χ0v) is 11.0. The van der Waals surface area contributed by atoms with Crippen LogP contribution in [0.1, 0.15) is 56.5 Å². The van der Waals surface area contributed by atoms with Crippen molar-refractivity contribution in [2.24, 2.45) is 5.41 Å². The van der Waals surface area contributed by atoms with Crippen LogP contribution in [0.4, 0.5) is 13.2 Å². The van der Waals surface area contributed by atoms with Crippen LogP contribution in [0.25, 0.3) is 0 Å². The van der Waals surface area contributed by atoms with Crippen LogP contribution in [0.15, 0.2) is 4.79 Å². The number of rotatable bonds is 0. The highest BCUT2D eigenvalue weighted by molar-refractivity contribution is 5.47. The Morgan fingerprint density at radius 3 is 2.53 bits per heavy atom. The Hall–Kier alpha value is -1.33. The molecule has 2 aliphatic rings. The van der Waals surface area contributed by atoms with Gasteiger partial charge in [-0.1, -0.05) is 20.8 Å². The summed E-state index contributed by atoms with van der Waals surface area (Å²) in [6, 6.07) is 0. The summed E-state index contributed by atoms with van der Waals surface area (Å²) in [6.07, 6.45) is -3.06. The number of aromatic nitrogens is 2. The van der Waals surface area contributed by atoms with E-state index >= 15 is 0 Å². The van der Waals surface area contributed by atoms with Crippen LogP contribution >= 0.6 is 0 Å². The number of alkyl halides is 3. The second kappa shape index (κ2) is 3.22. The smallest absolute Gasteiger partial charge is 0.309 e. The molecule has 0 saturated heterocycles. The van der Waals surface area contributed by atoms with Gasteiger partial charge < -0.3 is 4.98 Å². The van der Waals surface area contributed by atoms with E-state index in [1.54, 1.807) is 0 Å². The van der Waals surface area contributed by atoms with Gasteiger partial charge in [0.1, 0.15) is 0 Å². The lowest BCUT2D eigenvalue weighted by molar-refractivity contribution is -0.142. The van der Waals surface area contributed by atoms with Gasteiger partial charge >= 0.3 is 11.9 Å². The van der Waals surface area contributed by atoms with Gasteiger partial charge in [-0.15, -0.1) is 0 Å². The highest BCUT2D eigenvalue weighted by atomic mass is 19.4. The molecule has 0 amide bonds. The van der Waals surface area contributed by atoms with Gasteiger partial charge in [0.25, 0.3) is 0 Å². The maximum Gasteiger partial charge on any atom is 0.433 e. The molecular weight excluding hydrogens is 257 g/mol. The molecule has 104 valence electrons. The molecule has 1 heterocycles. The summed E-state index contributed by atoms with van der Waals surface area (Å²) in [4.78, 5) is 17.2. The Balaban J connectivity index is 2.37. The van der Waals surface area contributed by atoms with Gasteiger partial charge in [0.05, 0.1) is 0 Å². The van der Waals surface area contributed by atoms with Crippen molar-refractivity contribution in [3.05, 3.63) is 27.4 Å². The minimum atomic E-state index is -4.57. The molecule has 0 spiro atoms. The molecule has 1 aromatic rings. The van der Waals surface area contributed by atoms with Crippen LogP contribution in [0, 0.1) is 5.41 Å². The maximum absolute atomic E-state index is 13.1. The van der Waals surface area contributed by atoms with E-state index in [0.29, 0.717) is 12.1 Å². The number of hydrogen-bond acceptors (Lipinski definition) is 2. The second-order valence-corrected chi connectivity index (χ2v) is 6.32. The minimum absolute atomic E-state index is 0.187. The number of halogens is 3. The summed E-state index contributed by atoms with van der Waals surface area (Å²) >= 11 is 0. The normalized spacial score (nSPS) is 31.6. The van der Waals surface area contributed by atoms with Crippen LogP contribution in [0.5, 0.6) is 0 Å². The van der Waals surface area contributed by atoms with E-state index < -0.39 is 23.0 Å². The standard InChI is InChI=1S/C13H15F3N2O/c1-11(2)6-4-5-12(11,3)8-7(6)9(13(14,15)16)18-10(19)17-8/h6H,4-5H2,1-3H3,(H,17,18,19)/t6-,12+/m1/s1. The van der Waals surface area contributed by atoms with Gasteiger partial charge in [-0.25, -0.2) is 4.79 Å². The molecule has 0 aromatic carbocycles. The molecule has 1 fully saturated rings. The molecule has 0 radical (unpaired) electrons. The first-order chi connectivity index (χ1) is 8.59. The summed E-state index contributed by atoms with van der Waals surface area (Å²) in [7, 11) is 0. The van der Waals surface area contributed by atoms with Crippen molar-refractivity contribution in [3.63, 3.8) is 0 Å². The number of aromatic amines is 1. The molecule has 0 aliphatic heterocycles.